The average Bonchev–Trinajstić information content (AvgIpc) is 3.87. The van der Waals surface area contributed by atoms with E-state index in [0.717, 1.165) is 28.4 Å². The van der Waals surface area contributed by atoms with E-state index in [1.165, 1.54) is 0 Å². The molecular formula is C45H69N7O7S2. The molecule has 0 saturated heterocycles. The first-order valence-corrected chi connectivity index (χ1v) is 26.7. The summed E-state index contributed by atoms with van der Waals surface area (Å²) >= 11 is 0. The lowest BCUT2D eigenvalue weighted by atomic mass is 10.1. The number of ether oxygens (including phenoxy) is 4. The van der Waals surface area contributed by atoms with Crippen molar-refractivity contribution in [1.29, 1.82) is 0 Å². The number of nitrogens with zero attached hydrogens (tertiary/aromatic N) is 6. The van der Waals surface area contributed by atoms with E-state index >= 15 is 0 Å². The van der Waals surface area contributed by atoms with Crippen molar-refractivity contribution < 1.29 is 33.3 Å². The molecule has 4 rings (SSSR count). The number of imidazole rings is 2. The molecule has 0 saturated carbocycles. The molecule has 0 aliphatic carbocycles. The van der Waals surface area contributed by atoms with Crippen molar-refractivity contribution in [2.75, 3.05) is 74.8 Å². The molecule has 3 amide bonds. The van der Waals surface area contributed by atoms with Crippen LogP contribution in [0.25, 0.3) is 0 Å². The lowest BCUT2D eigenvalue weighted by molar-refractivity contribution is 0.0656. The Hall–Kier alpha value is -4.51. The topological polar surface area (TPSA) is 142 Å². The zero-order chi connectivity index (χ0) is 44.3. The van der Waals surface area contributed by atoms with Gasteiger partial charge in [0, 0.05) is 61.5 Å². The number of hydrogen-bond donors (Lipinski definition) is 1. The number of aromatic nitrogens is 4. The lowest BCUT2D eigenvalue weighted by Crippen LogP contribution is -2.33. The maximum absolute atomic E-state index is 14.4. The van der Waals surface area contributed by atoms with E-state index in [1.807, 2.05) is 64.0 Å². The molecular weight excluding hydrogens is 815 g/mol. The monoisotopic (exact) mass is 883 g/mol. The van der Waals surface area contributed by atoms with E-state index in [2.05, 4.69) is 53.5 Å². The molecule has 16 heteroatoms. The molecule has 14 nitrogen and oxygen atoms in total. The second-order valence-corrected chi connectivity index (χ2v) is 25.8. The standard InChI is InChI=1S/C45H69N7O7S2/c1-9-61(7,8)30-28-57-36-51-26-23-47-42(51)33-52(32-41-46-22-25-50(41)35-56-27-29-60(4,5)6)43(53)40-19-17-38(18-20-40)31-49(24-14-13-21-48-44(54)59-37(2)3)45(55)58-34-39-15-11-10-12-16-39/h10-12,15-20,22-23,25-26,37H,9,13-14,21,24,27-36H2,1-8H3,(H,48,54). The van der Waals surface area contributed by atoms with Crippen LogP contribution in [0, 0.1) is 0 Å². The molecule has 2 heterocycles. The predicted molar refractivity (Wildman–Crippen MR) is 247 cm³/mol. The Morgan fingerprint density at radius 3 is 1.93 bits per heavy atom. The molecule has 0 spiro atoms. The van der Waals surface area contributed by atoms with Crippen LogP contribution in [0.15, 0.2) is 79.4 Å². The first-order chi connectivity index (χ1) is 29.1. The van der Waals surface area contributed by atoms with Gasteiger partial charge in [-0.2, -0.15) is 0 Å². The molecule has 0 radical (unpaired) electrons. The number of nitrogens with one attached hydrogen (secondary N) is 1. The Balaban J connectivity index is 1.48. The molecule has 0 fully saturated rings. The largest absolute Gasteiger partial charge is 0.447 e. The maximum atomic E-state index is 14.4. The third-order valence-electron chi connectivity index (χ3n) is 9.92. The van der Waals surface area contributed by atoms with E-state index in [9.17, 15) is 14.4 Å². The number of unbranched alkanes of at least 4 members (excludes halogenated alkanes) is 1. The highest BCUT2D eigenvalue weighted by Crippen LogP contribution is 2.38. The molecule has 0 bridgehead atoms. The molecule has 0 aliphatic heterocycles. The van der Waals surface area contributed by atoms with Crippen LogP contribution in [-0.4, -0.2) is 128 Å². The van der Waals surface area contributed by atoms with Crippen LogP contribution in [0.2, 0.25) is 0 Å². The fourth-order valence-electron chi connectivity index (χ4n) is 5.90. The predicted octanol–water partition coefficient (Wildman–Crippen LogP) is 7.70. The summed E-state index contributed by atoms with van der Waals surface area (Å²) in [6.45, 7) is 9.51. The van der Waals surface area contributed by atoms with Crippen LogP contribution in [0.5, 0.6) is 0 Å². The first-order valence-electron chi connectivity index (χ1n) is 20.9. The van der Waals surface area contributed by atoms with Crippen LogP contribution < -0.4 is 5.32 Å². The Morgan fingerprint density at radius 2 is 1.36 bits per heavy atom. The summed E-state index contributed by atoms with van der Waals surface area (Å²) < 4.78 is 26.9. The first kappa shape index (κ1) is 49.1. The summed E-state index contributed by atoms with van der Waals surface area (Å²) in [5.74, 6) is 4.39. The lowest BCUT2D eigenvalue weighted by Gasteiger charge is -2.29. The van der Waals surface area contributed by atoms with E-state index < -0.39 is 32.2 Å². The number of hydrogen-bond acceptors (Lipinski definition) is 9. The Bertz CT molecular complexity index is 1910. The van der Waals surface area contributed by atoms with Crippen molar-refractivity contribution in [3.05, 3.63) is 108 Å². The second kappa shape index (κ2) is 24.8. The van der Waals surface area contributed by atoms with Gasteiger partial charge in [0.1, 0.15) is 31.7 Å². The van der Waals surface area contributed by atoms with Crippen molar-refractivity contribution in [1.82, 2.24) is 34.2 Å². The van der Waals surface area contributed by atoms with E-state index in [1.54, 1.807) is 48.2 Å². The molecule has 61 heavy (non-hydrogen) atoms. The van der Waals surface area contributed by atoms with Gasteiger partial charge in [0.05, 0.1) is 32.4 Å². The Labute approximate surface area is 366 Å². The summed E-state index contributed by atoms with van der Waals surface area (Å²) in [4.78, 5) is 52.4. The van der Waals surface area contributed by atoms with Gasteiger partial charge in [-0.25, -0.2) is 39.6 Å². The number of benzene rings is 2. The minimum atomic E-state index is -0.690. The van der Waals surface area contributed by atoms with Gasteiger partial charge in [-0.1, -0.05) is 49.4 Å². The number of alkyl carbamates (subject to hydrolysis) is 1. The minimum absolute atomic E-state index is 0.145. The van der Waals surface area contributed by atoms with E-state index in [-0.39, 0.29) is 38.3 Å². The highest BCUT2D eigenvalue weighted by molar-refractivity contribution is 8.32. The zero-order valence-corrected chi connectivity index (χ0v) is 39.2. The van der Waals surface area contributed by atoms with Gasteiger partial charge >= 0.3 is 12.2 Å². The SMILES string of the molecule is CCS(C)(C)CCOCn1ccnc1CN(Cc1nccn1COCCS(C)(C)C)C(=O)c1ccc(CN(CCCCNC(=O)OC(C)C)C(=O)OCc2ccccc2)cc1. The minimum Gasteiger partial charge on any atom is -0.447 e. The fraction of sp³-hybridized carbons (Fsp3) is 0.533. The van der Waals surface area contributed by atoms with E-state index in [0.29, 0.717) is 69.8 Å². The molecule has 0 aliphatic rings. The summed E-state index contributed by atoms with van der Waals surface area (Å²) in [7, 11) is -1.37. The summed E-state index contributed by atoms with van der Waals surface area (Å²) in [5, 5.41) is 2.75. The number of amides is 3. The fourth-order valence-corrected chi connectivity index (χ4v) is 7.37. The van der Waals surface area contributed by atoms with Gasteiger partial charge in [-0.15, -0.1) is 0 Å². The van der Waals surface area contributed by atoms with Gasteiger partial charge in [-0.05, 0) is 87.0 Å². The van der Waals surface area contributed by atoms with Gasteiger partial charge in [-0.3, -0.25) is 4.79 Å². The normalized spacial score (nSPS) is 12.3. The van der Waals surface area contributed by atoms with Crippen molar-refractivity contribution >= 4 is 38.1 Å². The third-order valence-corrected chi connectivity index (χ3v) is 14.1. The highest BCUT2D eigenvalue weighted by atomic mass is 32.3. The van der Waals surface area contributed by atoms with Gasteiger partial charge in [0.25, 0.3) is 5.91 Å². The second-order valence-electron chi connectivity index (χ2n) is 16.7. The molecule has 0 atom stereocenters. The number of carbonyl (C=O) groups is 3. The summed E-state index contributed by atoms with van der Waals surface area (Å²) in [5.41, 5.74) is 2.21. The highest BCUT2D eigenvalue weighted by Gasteiger charge is 2.23. The van der Waals surface area contributed by atoms with E-state index in [4.69, 9.17) is 18.9 Å². The van der Waals surface area contributed by atoms with Crippen molar-refractivity contribution in [3.8, 4) is 0 Å². The van der Waals surface area contributed by atoms with Crippen LogP contribution >= 0.6 is 20.1 Å². The van der Waals surface area contributed by atoms with Crippen LogP contribution in [0.1, 0.15) is 66.7 Å². The maximum Gasteiger partial charge on any atom is 0.410 e. The average molecular weight is 884 g/mol. The summed E-state index contributed by atoms with van der Waals surface area (Å²) in [6, 6.07) is 16.9. The van der Waals surface area contributed by atoms with Crippen LogP contribution in [0.4, 0.5) is 9.59 Å². The summed E-state index contributed by atoms with van der Waals surface area (Å²) in [6.07, 6.45) is 18.8. The van der Waals surface area contributed by atoms with Gasteiger partial charge in [0.2, 0.25) is 0 Å². The molecule has 1 N–H and O–H groups in total. The molecule has 338 valence electrons. The Kier molecular flexibility index (Phi) is 20.0. The van der Waals surface area contributed by atoms with Gasteiger partial charge < -0.3 is 43.2 Å². The molecule has 2 aromatic heterocycles. The molecule has 0 unspecified atom stereocenters. The van der Waals surface area contributed by atoms with Gasteiger partial charge in [0.15, 0.2) is 0 Å². The Morgan fingerprint density at radius 1 is 0.754 bits per heavy atom. The molecule has 4 aromatic rings. The van der Waals surface area contributed by atoms with Crippen LogP contribution in [0.3, 0.4) is 0 Å². The van der Waals surface area contributed by atoms with Crippen molar-refractivity contribution in [2.45, 2.75) is 79.4 Å². The third kappa shape index (κ3) is 18.2. The number of carbonyl (C=O) groups excluding carboxylic acids is 3. The molecule has 2 aromatic carbocycles. The van der Waals surface area contributed by atoms with Crippen LogP contribution in [-0.2, 0) is 58.7 Å². The van der Waals surface area contributed by atoms with Crippen molar-refractivity contribution in [2.24, 2.45) is 0 Å². The quantitative estimate of drug-likeness (QED) is 0.0628. The zero-order valence-electron chi connectivity index (χ0n) is 37.5. The number of rotatable bonds is 26. The van der Waals surface area contributed by atoms with Crippen molar-refractivity contribution in [3.63, 3.8) is 0 Å². The smallest absolute Gasteiger partial charge is 0.410 e.